The third kappa shape index (κ3) is 2.27. The van der Waals surface area contributed by atoms with Gasteiger partial charge in [0.05, 0.1) is 6.20 Å². The smallest absolute Gasteiger partial charge is 0.124 e. The molecule has 1 spiro atoms. The Hall–Kier alpha value is -1.81. The Morgan fingerprint density at radius 3 is 3.04 bits per heavy atom. The first kappa shape index (κ1) is 13.6. The fourth-order valence-corrected chi connectivity index (χ4v) is 4.49. The van der Waals surface area contributed by atoms with Crippen LogP contribution in [-0.4, -0.2) is 21.8 Å². The van der Waals surface area contributed by atoms with Crippen molar-refractivity contribution in [2.75, 3.05) is 0 Å². The Morgan fingerprint density at radius 1 is 1.26 bits per heavy atom. The molecule has 1 fully saturated rings. The van der Waals surface area contributed by atoms with Crippen molar-refractivity contribution in [2.24, 2.45) is 0 Å². The van der Waals surface area contributed by atoms with Gasteiger partial charge in [-0.15, -0.1) is 0 Å². The zero-order valence-electron chi connectivity index (χ0n) is 13.3. The monoisotopic (exact) mass is 309 g/mol. The molecule has 2 heterocycles. The highest BCUT2D eigenvalue weighted by molar-refractivity contribution is 5.39. The minimum atomic E-state index is 0.0987. The molecule has 1 aromatic carbocycles. The summed E-state index contributed by atoms with van der Waals surface area (Å²) in [6.07, 6.45) is 10.2. The van der Waals surface area contributed by atoms with Crippen molar-refractivity contribution in [3.8, 4) is 5.75 Å². The van der Waals surface area contributed by atoms with Crippen LogP contribution < -0.4 is 10.1 Å². The maximum absolute atomic E-state index is 6.36. The second-order valence-electron chi connectivity index (χ2n) is 7.41. The zero-order valence-corrected chi connectivity index (χ0v) is 13.3. The average Bonchev–Trinajstić information content (AvgIpc) is 3.01. The van der Waals surface area contributed by atoms with Crippen LogP contribution in [0.25, 0.3) is 0 Å². The van der Waals surface area contributed by atoms with Gasteiger partial charge in [-0.3, -0.25) is 5.10 Å². The number of rotatable bonds is 2. The average molecular weight is 309 g/mol. The molecule has 2 atom stereocenters. The van der Waals surface area contributed by atoms with Gasteiger partial charge in [0.15, 0.2) is 0 Å². The predicted octanol–water partition coefficient (Wildman–Crippen LogP) is 3.30. The molecular weight excluding hydrogens is 286 g/mol. The molecule has 0 amide bonds. The Labute approximate surface area is 136 Å². The van der Waals surface area contributed by atoms with Crippen molar-refractivity contribution >= 4 is 0 Å². The number of benzene rings is 1. The van der Waals surface area contributed by atoms with Crippen molar-refractivity contribution in [2.45, 2.75) is 62.6 Å². The minimum absolute atomic E-state index is 0.0987. The molecule has 2 N–H and O–H groups in total. The second-order valence-corrected chi connectivity index (χ2v) is 7.41. The standard InChI is InChI=1S/C19H23N3O/c1-2-5-18-15(4-1)17(11-19(23-18)8-3-9-19)21-14-6-7-16-13(10-14)12-20-22-16/h1-2,4-5,12,14,17,21H,3,6-11H2,(H,20,22)/t14-,17-/m0/s1. The highest BCUT2D eigenvalue weighted by Gasteiger charge is 2.45. The first-order chi connectivity index (χ1) is 11.3. The first-order valence-electron chi connectivity index (χ1n) is 8.86. The summed E-state index contributed by atoms with van der Waals surface area (Å²) in [5.74, 6) is 1.09. The van der Waals surface area contributed by atoms with Gasteiger partial charge in [-0.1, -0.05) is 18.2 Å². The highest BCUT2D eigenvalue weighted by Crippen LogP contribution is 2.49. The van der Waals surface area contributed by atoms with E-state index in [1.807, 2.05) is 6.20 Å². The number of hydrogen-bond donors (Lipinski definition) is 2. The van der Waals surface area contributed by atoms with Crippen LogP contribution in [0.15, 0.2) is 30.5 Å². The van der Waals surface area contributed by atoms with Gasteiger partial charge >= 0.3 is 0 Å². The van der Waals surface area contributed by atoms with E-state index >= 15 is 0 Å². The van der Waals surface area contributed by atoms with Crippen LogP contribution in [-0.2, 0) is 12.8 Å². The summed E-state index contributed by atoms with van der Waals surface area (Å²) in [6, 6.07) is 9.53. The Kier molecular flexibility index (Phi) is 3.02. The fourth-order valence-electron chi connectivity index (χ4n) is 4.49. The van der Waals surface area contributed by atoms with E-state index in [2.05, 4.69) is 39.8 Å². The van der Waals surface area contributed by atoms with Gasteiger partial charge < -0.3 is 10.1 Å². The van der Waals surface area contributed by atoms with E-state index in [-0.39, 0.29) is 5.60 Å². The number of nitrogens with one attached hydrogen (secondary N) is 2. The lowest BCUT2D eigenvalue weighted by atomic mass is 9.72. The topological polar surface area (TPSA) is 49.9 Å². The van der Waals surface area contributed by atoms with E-state index in [0.29, 0.717) is 12.1 Å². The van der Waals surface area contributed by atoms with Gasteiger partial charge in [0.25, 0.3) is 0 Å². The van der Waals surface area contributed by atoms with Gasteiger partial charge in [-0.25, -0.2) is 0 Å². The van der Waals surface area contributed by atoms with Crippen molar-refractivity contribution in [1.29, 1.82) is 0 Å². The molecule has 4 heteroatoms. The van der Waals surface area contributed by atoms with Crippen LogP contribution in [0.5, 0.6) is 5.75 Å². The summed E-state index contributed by atoms with van der Waals surface area (Å²) in [6.45, 7) is 0. The van der Waals surface area contributed by atoms with E-state index in [0.717, 1.165) is 25.0 Å². The molecule has 3 aliphatic rings. The second kappa shape index (κ2) is 5.10. The van der Waals surface area contributed by atoms with Crippen molar-refractivity contribution in [3.05, 3.63) is 47.3 Å². The zero-order chi connectivity index (χ0) is 15.3. The van der Waals surface area contributed by atoms with E-state index < -0.39 is 0 Å². The Bertz CT molecular complexity index is 719. The maximum Gasteiger partial charge on any atom is 0.124 e. The molecule has 0 saturated heterocycles. The highest BCUT2D eigenvalue weighted by atomic mass is 16.5. The van der Waals surface area contributed by atoms with E-state index in [4.69, 9.17) is 4.74 Å². The summed E-state index contributed by atoms with van der Waals surface area (Å²) in [7, 11) is 0. The number of aromatic amines is 1. The van der Waals surface area contributed by atoms with E-state index in [1.54, 1.807) is 0 Å². The van der Waals surface area contributed by atoms with E-state index in [1.165, 1.54) is 42.5 Å². The maximum atomic E-state index is 6.36. The third-order valence-electron chi connectivity index (χ3n) is 5.92. The molecule has 1 aromatic heterocycles. The largest absolute Gasteiger partial charge is 0.487 e. The number of fused-ring (bicyclic) bond motifs is 2. The lowest BCUT2D eigenvalue weighted by molar-refractivity contribution is -0.0381. The molecule has 120 valence electrons. The summed E-state index contributed by atoms with van der Waals surface area (Å²) in [5.41, 5.74) is 4.14. The molecular formula is C19H23N3O. The minimum Gasteiger partial charge on any atom is -0.487 e. The molecule has 1 aliphatic heterocycles. The van der Waals surface area contributed by atoms with Gasteiger partial charge in [-0.2, -0.15) is 5.10 Å². The van der Waals surface area contributed by atoms with Gasteiger partial charge in [0.1, 0.15) is 11.4 Å². The molecule has 0 unspecified atom stereocenters. The van der Waals surface area contributed by atoms with Crippen molar-refractivity contribution in [3.63, 3.8) is 0 Å². The lowest BCUT2D eigenvalue weighted by Crippen LogP contribution is -2.50. The fraction of sp³-hybridized carbons (Fsp3) is 0.526. The van der Waals surface area contributed by atoms with Crippen LogP contribution in [0, 0.1) is 0 Å². The number of aromatic nitrogens is 2. The van der Waals surface area contributed by atoms with Gasteiger partial charge in [-0.05, 0) is 50.2 Å². The number of hydrogen-bond acceptors (Lipinski definition) is 3. The molecule has 2 aromatic rings. The van der Waals surface area contributed by atoms with Crippen LogP contribution in [0.4, 0.5) is 0 Å². The quantitative estimate of drug-likeness (QED) is 0.895. The molecule has 0 bridgehead atoms. The molecule has 1 saturated carbocycles. The van der Waals surface area contributed by atoms with Crippen LogP contribution in [0.1, 0.15) is 55.0 Å². The number of aryl methyl sites for hydroxylation is 1. The van der Waals surface area contributed by atoms with Gasteiger partial charge in [0, 0.05) is 29.8 Å². The Morgan fingerprint density at radius 2 is 2.17 bits per heavy atom. The predicted molar refractivity (Wildman–Crippen MR) is 88.5 cm³/mol. The lowest BCUT2D eigenvalue weighted by Gasteiger charge is -2.48. The van der Waals surface area contributed by atoms with Crippen LogP contribution in [0.2, 0.25) is 0 Å². The Balaban J connectivity index is 1.39. The SMILES string of the molecule is c1ccc2c(c1)OC1(CCC1)C[C@@H]2N[C@H]1CCc2[nH]ncc2C1. The molecule has 4 nitrogen and oxygen atoms in total. The van der Waals surface area contributed by atoms with Crippen molar-refractivity contribution in [1.82, 2.24) is 15.5 Å². The van der Waals surface area contributed by atoms with E-state index in [9.17, 15) is 0 Å². The summed E-state index contributed by atoms with van der Waals surface area (Å²) in [5, 5.41) is 11.3. The van der Waals surface area contributed by atoms with Crippen LogP contribution >= 0.6 is 0 Å². The van der Waals surface area contributed by atoms with Gasteiger partial charge in [0.2, 0.25) is 0 Å². The molecule has 0 radical (unpaired) electrons. The van der Waals surface area contributed by atoms with Crippen molar-refractivity contribution < 1.29 is 4.74 Å². The molecule has 23 heavy (non-hydrogen) atoms. The van der Waals surface area contributed by atoms with Crippen LogP contribution in [0.3, 0.4) is 0 Å². The number of nitrogens with zero attached hydrogens (tertiary/aromatic N) is 1. The molecule has 5 rings (SSSR count). The first-order valence-corrected chi connectivity index (χ1v) is 8.86. The third-order valence-corrected chi connectivity index (χ3v) is 5.92. The normalized spacial score (nSPS) is 27.7. The summed E-state index contributed by atoms with van der Waals surface area (Å²) >= 11 is 0. The summed E-state index contributed by atoms with van der Waals surface area (Å²) < 4.78 is 6.36. The molecule has 2 aliphatic carbocycles. The number of H-pyrrole nitrogens is 1. The number of para-hydroxylation sites is 1. The number of ether oxygens (including phenoxy) is 1. The summed E-state index contributed by atoms with van der Waals surface area (Å²) in [4.78, 5) is 0.